The van der Waals surface area contributed by atoms with Gasteiger partial charge in [0.15, 0.2) is 0 Å². The molecule has 104 valence electrons. The minimum atomic E-state index is -3.44. The number of likely N-dealkylation sites (N-methyl/N-ethyl adjacent to an activating group) is 1. The van der Waals surface area contributed by atoms with Crippen LogP contribution in [0.25, 0.3) is 0 Å². The topological polar surface area (TPSA) is 69.3 Å². The SMILES string of the molecule is CC(C)CN(CCN(C)C)S(=O)(=O)c1cn[nH]c1. The summed E-state index contributed by atoms with van der Waals surface area (Å²) in [5.74, 6) is 0.286. The Labute approximate surface area is 109 Å². The Hall–Kier alpha value is -0.920. The van der Waals surface area contributed by atoms with Gasteiger partial charge >= 0.3 is 0 Å². The summed E-state index contributed by atoms with van der Waals surface area (Å²) in [5.41, 5.74) is 0. The number of nitrogens with one attached hydrogen (secondary N) is 1. The molecule has 0 unspecified atom stereocenters. The monoisotopic (exact) mass is 274 g/mol. The van der Waals surface area contributed by atoms with E-state index >= 15 is 0 Å². The van der Waals surface area contributed by atoms with Gasteiger partial charge in [-0.3, -0.25) is 5.10 Å². The van der Waals surface area contributed by atoms with Crippen LogP contribution in [0.4, 0.5) is 0 Å². The van der Waals surface area contributed by atoms with Crippen LogP contribution in [0.5, 0.6) is 0 Å². The van der Waals surface area contributed by atoms with Crippen LogP contribution in [0.2, 0.25) is 0 Å². The highest BCUT2D eigenvalue weighted by Gasteiger charge is 2.25. The minimum Gasteiger partial charge on any atom is -0.308 e. The summed E-state index contributed by atoms with van der Waals surface area (Å²) in [5, 5.41) is 6.25. The first-order chi connectivity index (χ1) is 8.34. The molecule has 1 heterocycles. The highest BCUT2D eigenvalue weighted by atomic mass is 32.2. The van der Waals surface area contributed by atoms with E-state index in [0.717, 1.165) is 0 Å². The van der Waals surface area contributed by atoms with Gasteiger partial charge in [-0.2, -0.15) is 9.40 Å². The summed E-state index contributed by atoms with van der Waals surface area (Å²) in [6, 6.07) is 0. The van der Waals surface area contributed by atoms with Crippen molar-refractivity contribution < 1.29 is 8.42 Å². The molecule has 7 heteroatoms. The maximum atomic E-state index is 12.4. The lowest BCUT2D eigenvalue weighted by molar-refractivity contribution is 0.312. The molecule has 1 aromatic rings. The van der Waals surface area contributed by atoms with Gasteiger partial charge in [-0.1, -0.05) is 13.8 Å². The largest absolute Gasteiger partial charge is 0.308 e. The molecule has 0 aliphatic heterocycles. The lowest BCUT2D eigenvalue weighted by atomic mass is 10.2. The molecule has 1 N–H and O–H groups in total. The van der Waals surface area contributed by atoms with Crippen molar-refractivity contribution in [2.45, 2.75) is 18.7 Å². The molecule has 0 bridgehead atoms. The molecule has 0 spiro atoms. The van der Waals surface area contributed by atoms with Gasteiger partial charge in [0.05, 0.1) is 6.20 Å². The van der Waals surface area contributed by atoms with Crippen LogP contribution in [-0.4, -0.2) is 61.5 Å². The fourth-order valence-electron chi connectivity index (χ4n) is 1.56. The molecule has 1 aromatic heterocycles. The van der Waals surface area contributed by atoms with Crippen molar-refractivity contribution in [3.05, 3.63) is 12.4 Å². The van der Waals surface area contributed by atoms with Crippen LogP contribution in [0.3, 0.4) is 0 Å². The molecular formula is C11H22N4O2S. The Kier molecular flexibility index (Phi) is 5.30. The first kappa shape index (κ1) is 15.1. The van der Waals surface area contributed by atoms with Crippen molar-refractivity contribution in [2.24, 2.45) is 5.92 Å². The first-order valence-electron chi connectivity index (χ1n) is 5.97. The van der Waals surface area contributed by atoms with Crippen LogP contribution in [0, 0.1) is 5.92 Å². The van der Waals surface area contributed by atoms with E-state index in [1.54, 1.807) is 0 Å². The summed E-state index contributed by atoms with van der Waals surface area (Å²) >= 11 is 0. The molecule has 0 atom stereocenters. The summed E-state index contributed by atoms with van der Waals surface area (Å²) in [7, 11) is 0.422. The Morgan fingerprint density at radius 3 is 2.44 bits per heavy atom. The molecule has 0 aliphatic carbocycles. The van der Waals surface area contributed by atoms with E-state index in [4.69, 9.17) is 0 Å². The zero-order valence-corrected chi connectivity index (χ0v) is 12.2. The number of hydrogen-bond acceptors (Lipinski definition) is 4. The molecular weight excluding hydrogens is 252 g/mol. The highest BCUT2D eigenvalue weighted by molar-refractivity contribution is 7.89. The van der Waals surface area contributed by atoms with Crippen molar-refractivity contribution in [1.29, 1.82) is 0 Å². The quantitative estimate of drug-likeness (QED) is 0.791. The van der Waals surface area contributed by atoms with Crippen LogP contribution in [0.15, 0.2) is 17.3 Å². The van der Waals surface area contributed by atoms with E-state index in [9.17, 15) is 8.42 Å². The molecule has 0 saturated carbocycles. The number of hydrogen-bond donors (Lipinski definition) is 1. The lowest BCUT2D eigenvalue weighted by Crippen LogP contribution is -2.38. The molecule has 0 aromatic carbocycles. The smallest absolute Gasteiger partial charge is 0.246 e. The van der Waals surface area contributed by atoms with Crippen molar-refractivity contribution in [3.63, 3.8) is 0 Å². The number of H-pyrrole nitrogens is 1. The van der Waals surface area contributed by atoms with E-state index in [1.807, 2.05) is 32.8 Å². The first-order valence-corrected chi connectivity index (χ1v) is 7.41. The third-order valence-corrected chi connectivity index (χ3v) is 4.31. The average Bonchev–Trinajstić information content (AvgIpc) is 2.76. The van der Waals surface area contributed by atoms with E-state index < -0.39 is 10.0 Å². The predicted octanol–water partition coefficient (Wildman–Crippen LogP) is 0.618. The van der Waals surface area contributed by atoms with E-state index in [1.165, 1.54) is 16.7 Å². The van der Waals surface area contributed by atoms with Crippen LogP contribution in [-0.2, 0) is 10.0 Å². The second-order valence-corrected chi connectivity index (χ2v) is 6.93. The van der Waals surface area contributed by atoms with E-state index in [2.05, 4.69) is 10.2 Å². The number of sulfonamides is 1. The van der Waals surface area contributed by atoms with E-state index in [0.29, 0.717) is 19.6 Å². The Balaban J connectivity index is 2.88. The molecule has 0 amide bonds. The minimum absolute atomic E-state index is 0.224. The molecule has 0 radical (unpaired) electrons. The third kappa shape index (κ3) is 4.08. The Morgan fingerprint density at radius 1 is 1.33 bits per heavy atom. The van der Waals surface area contributed by atoms with Gasteiger partial charge in [0, 0.05) is 25.8 Å². The highest BCUT2D eigenvalue weighted by Crippen LogP contribution is 2.15. The fraction of sp³-hybridized carbons (Fsp3) is 0.727. The standard InChI is InChI=1S/C11H22N4O2S/c1-10(2)9-15(6-5-14(3)4)18(16,17)11-7-12-13-8-11/h7-8,10H,5-6,9H2,1-4H3,(H,12,13). The lowest BCUT2D eigenvalue weighted by Gasteiger charge is -2.24. The van der Waals surface area contributed by atoms with Gasteiger partial charge in [0.1, 0.15) is 4.90 Å². The molecule has 1 rings (SSSR count). The van der Waals surface area contributed by atoms with Crippen molar-refractivity contribution in [1.82, 2.24) is 19.4 Å². The predicted molar refractivity (Wildman–Crippen MR) is 70.7 cm³/mol. The fourth-order valence-corrected chi connectivity index (χ4v) is 3.06. The Bertz CT molecular complexity index is 440. The zero-order valence-electron chi connectivity index (χ0n) is 11.4. The second-order valence-electron chi connectivity index (χ2n) is 4.99. The van der Waals surface area contributed by atoms with Crippen LogP contribution in [0.1, 0.15) is 13.8 Å². The van der Waals surface area contributed by atoms with E-state index in [-0.39, 0.29) is 10.8 Å². The zero-order chi connectivity index (χ0) is 13.8. The molecule has 6 nitrogen and oxygen atoms in total. The second kappa shape index (κ2) is 6.31. The van der Waals surface area contributed by atoms with Gasteiger partial charge < -0.3 is 4.90 Å². The van der Waals surface area contributed by atoms with Crippen molar-refractivity contribution in [2.75, 3.05) is 33.7 Å². The molecule has 0 saturated heterocycles. The number of rotatable bonds is 7. The number of nitrogens with zero attached hydrogens (tertiary/aromatic N) is 3. The molecule has 0 fully saturated rings. The average molecular weight is 274 g/mol. The van der Waals surface area contributed by atoms with Gasteiger partial charge in [-0.25, -0.2) is 8.42 Å². The summed E-state index contributed by atoms with van der Waals surface area (Å²) in [4.78, 5) is 2.19. The van der Waals surface area contributed by atoms with Gasteiger partial charge in [0.2, 0.25) is 10.0 Å². The molecule has 0 aliphatic rings. The third-order valence-electron chi connectivity index (χ3n) is 2.48. The van der Waals surface area contributed by atoms with Crippen LogP contribution >= 0.6 is 0 Å². The molecule has 18 heavy (non-hydrogen) atoms. The maximum Gasteiger partial charge on any atom is 0.246 e. The van der Waals surface area contributed by atoms with Gasteiger partial charge in [-0.05, 0) is 20.0 Å². The summed E-state index contributed by atoms with van der Waals surface area (Å²) in [6.07, 6.45) is 2.76. The normalized spacial score (nSPS) is 12.8. The number of aromatic nitrogens is 2. The van der Waals surface area contributed by atoms with Gasteiger partial charge in [-0.15, -0.1) is 0 Å². The van der Waals surface area contributed by atoms with Crippen molar-refractivity contribution in [3.8, 4) is 0 Å². The Morgan fingerprint density at radius 2 is 2.00 bits per heavy atom. The van der Waals surface area contributed by atoms with Crippen LogP contribution < -0.4 is 0 Å². The summed E-state index contributed by atoms with van der Waals surface area (Å²) in [6.45, 7) is 5.71. The summed E-state index contributed by atoms with van der Waals surface area (Å²) < 4.78 is 26.3. The van der Waals surface area contributed by atoms with Gasteiger partial charge in [0.25, 0.3) is 0 Å². The number of aromatic amines is 1. The maximum absolute atomic E-state index is 12.4. The van der Waals surface area contributed by atoms with Crippen molar-refractivity contribution >= 4 is 10.0 Å².